The summed E-state index contributed by atoms with van der Waals surface area (Å²) in [5, 5.41) is 17.8. The molecule has 0 radical (unpaired) electrons. The average molecular weight is 271 g/mol. The van der Waals surface area contributed by atoms with Gasteiger partial charge in [0.2, 0.25) is 0 Å². The Hall–Kier alpha value is -1.30. The summed E-state index contributed by atoms with van der Waals surface area (Å²) in [4.78, 5) is 22.9. The standard InChI is InChI=1S/C13H25N3O3/c1-3-13(4-2,11(17)18)16-12(19)15-9-5-8-14-10-6-7-10/h10,14H,3-9H2,1-2H3,(H,17,18)(H2,15,16,19). The van der Waals surface area contributed by atoms with Crippen LogP contribution < -0.4 is 16.0 Å². The molecule has 0 unspecified atom stereocenters. The lowest BCUT2D eigenvalue weighted by molar-refractivity contribution is -0.144. The molecule has 0 aromatic carbocycles. The van der Waals surface area contributed by atoms with Crippen LogP contribution in [0.3, 0.4) is 0 Å². The van der Waals surface area contributed by atoms with Gasteiger partial charge in [-0.3, -0.25) is 0 Å². The molecule has 19 heavy (non-hydrogen) atoms. The Balaban J connectivity index is 2.21. The SMILES string of the molecule is CCC(CC)(NC(=O)NCCCNC1CC1)C(=O)O. The number of carbonyl (C=O) groups is 2. The van der Waals surface area contributed by atoms with Crippen LogP contribution in [0.4, 0.5) is 4.79 Å². The molecular formula is C13H25N3O3. The third-order valence-electron chi connectivity index (χ3n) is 3.62. The fraction of sp³-hybridized carbons (Fsp3) is 0.846. The van der Waals surface area contributed by atoms with Gasteiger partial charge in [0.1, 0.15) is 5.54 Å². The zero-order valence-electron chi connectivity index (χ0n) is 11.8. The molecule has 2 amide bonds. The van der Waals surface area contributed by atoms with Gasteiger partial charge in [0, 0.05) is 12.6 Å². The van der Waals surface area contributed by atoms with E-state index in [0.29, 0.717) is 25.4 Å². The lowest BCUT2D eigenvalue weighted by atomic mass is 9.93. The maximum absolute atomic E-state index is 11.7. The molecule has 0 saturated heterocycles. The predicted molar refractivity (Wildman–Crippen MR) is 73.1 cm³/mol. The molecule has 1 saturated carbocycles. The van der Waals surface area contributed by atoms with Crippen LogP contribution in [-0.4, -0.2) is 41.8 Å². The molecule has 6 nitrogen and oxygen atoms in total. The van der Waals surface area contributed by atoms with Crippen molar-refractivity contribution in [3.63, 3.8) is 0 Å². The van der Waals surface area contributed by atoms with E-state index in [1.807, 2.05) is 0 Å². The summed E-state index contributed by atoms with van der Waals surface area (Å²) in [6.07, 6.45) is 4.09. The molecule has 0 aromatic rings. The van der Waals surface area contributed by atoms with E-state index in [0.717, 1.165) is 13.0 Å². The number of hydrogen-bond donors (Lipinski definition) is 4. The van der Waals surface area contributed by atoms with Gasteiger partial charge < -0.3 is 21.1 Å². The molecule has 110 valence electrons. The molecule has 4 N–H and O–H groups in total. The molecule has 1 aliphatic rings. The summed E-state index contributed by atoms with van der Waals surface area (Å²) in [5.41, 5.74) is -1.16. The highest BCUT2D eigenvalue weighted by atomic mass is 16.4. The zero-order valence-corrected chi connectivity index (χ0v) is 11.8. The maximum Gasteiger partial charge on any atom is 0.329 e. The number of carboxylic acid groups (broad SMARTS) is 1. The second kappa shape index (κ2) is 7.33. The van der Waals surface area contributed by atoms with Crippen LogP contribution >= 0.6 is 0 Å². The highest BCUT2D eigenvalue weighted by Gasteiger charge is 2.36. The van der Waals surface area contributed by atoms with Gasteiger partial charge >= 0.3 is 12.0 Å². The Morgan fingerprint density at radius 2 is 1.84 bits per heavy atom. The monoisotopic (exact) mass is 271 g/mol. The summed E-state index contributed by atoms with van der Waals surface area (Å²) >= 11 is 0. The van der Waals surface area contributed by atoms with E-state index < -0.39 is 17.5 Å². The van der Waals surface area contributed by atoms with Crippen molar-refractivity contribution in [1.82, 2.24) is 16.0 Å². The fourth-order valence-electron chi connectivity index (χ4n) is 1.93. The minimum Gasteiger partial charge on any atom is -0.480 e. The molecule has 1 fully saturated rings. The zero-order chi connectivity index (χ0) is 14.3. The van der Waals surface area contributed by atoms with Crippen LogP contribution in [0.5, 0.6) is 0 Å². The Morgan fingerprint density at radius 3 is 2.32 bits per heavy atom. The van der Waals surface area contributed by atoms with Crippen molar-refractivity contribution in [2.24, 2.45) is 0 Å². The predicted octanol–water partition coefficient (Wildman–Crippen LogP) is 1.07. The number of urea groups is 1. The summed E-state index contributed by atoms with van der Waals surface area (Å²) < 4.78 is 0. The van der Waals surface area contributed by atoms with Crippen molar-refractivity contribution < 1.29 is 14.7 Å². The molecule has 1 aliphatic carbocycles. The highest BCUT2D eigenvalue weighted by Crippen LogP contribution is 2.18. The third kappa shape index (κ3) is 5.06. The van der Waals surface area contributed by atoms with Gasteiger partial charge in [0.25, 0.3) is 0 Å². The normalized spacial score (nSPS) is 15.1. The van der Waals surface area contributed by atoms with Gasteiger partial charge in [-0.25, -0.2) is 9.59 Å². The Bertz CT molecular complexity index is 312. The molecule has 0 bridgehead atoms. The molecule has 0 spiro atoms. The molecular weight excluding hydrogens is 246 g/mol. The number of carbonyl (C=O) groups excluding carboxylic acids is 1. The van der Waals surface area contributed by atoms with Gasteiger partial charge in [-0.2, -0.15) is 0 Å². The molecule has 0 aromatic heterocycles. The van der Waals surface area contributed by atoms with Crippen LogP contribution in [-0.2, 0) is 4.79 Å². The first-order valence-electron chi connectivity index (χ1n) is 7.07. The van der Waals surface area contributed by atoms with Crippen LogP contribution in [0.2, 0.25) is 0 Å². The summed E-state index contributed by atoms with van der Waals surface area (Å²) in [6, 6.07) is 0.270. The first kappa shape index (κ1) is 15.8. The smallest absolute Gasteiger partial charge is 0.329 e. The van der Waals surface area contributed by atoms with E-state index >= 15 is 0 Å². The molecule has 0 atom stereocenters. The van der Waals surface area contributed by atoms with Gasteiger partial charge in [-0.1, -0.05) is 13.8 Å². The van der Waals surface area contributed by atoms with Gasteiger partial charge in [0.15, 0.2) is 0 Å². The molecule has 0 aliphatic heterocycles. The van der Waals surface area contributed by atoms with E-state index in [-0.39, 0.29) is 0 Å². The summed E-state index contributed by atoms with van der Waals surface area (Å²) in [6.45, 7) is 4.96. The average Bonchev–Trinajstić information content (AvgIpc) is 3.19. The molecule has 1 rings (SSSR count). The number of rotatable bonds is 9. The van der Waals surface area contributed by atoms with E-state index in [1.165, 1.54) is 12.8 Å². The fourth-order valence-corrected chi connectivity index (χ4v) is 1.93. The Morgan fingerprint density at radius 1 is 1.21 bits per heavy atom. The minimum absolute atomic E-state index is 0.371. The van der Waals surface area contributed by atoms with Crippen LogP contribution in [0.25, 0.3) is 0 Å². The van der Waals surface area contributed by atoms with Crippen molar-refractivity contribution in [3.05, 3.63) is 0 Å². The number of hydrogen-bond acceptors (Lipinski definition) is 3. The van der Waals surface area contributed by atoms with E-state index in [4.69, 9.17) is 0 Å². The topological polar surface area (TPSA) is 90.5 Å². The Kier molecular flexibility index (Phi) is 6.08. The van der Waals surface area contributed by atoms with Crippen LogP contribution in [0, 0.1) is 0 Å². The second-order valence-electron chi connectivity index (χ2n) is 5.06. The first-order valence-corrected chi connectivity index (χ1v) is 7.07. The number of amides is 2. The number of aliphatic carboxylic acids is 1. The van der Waals surface area contributed by atoms with Crippen LogP contribution in [0.15, 0.2) is 0 Å². The van der Waals surface area contributed by atoms with Gasteiger partial charge in [-0.05, 0) is 38.6 Å². The lowest BCUT2D eigenvalue weighted by Crippen LogP contribution is -2.56. The second-order valence-corrected chi connectivity index (χ2v) is 5.06. The third-order valence-corrected chi connectivity index (χ3v) is 3.62. The summed E-state index contributed by atoms with van der Waals surface area (Å²) in [5.74, 6) is -0.983. The maximum atomic E-state index is 11.7. The van der Waals surface area contributed by atoms with Gasteiger partial charge in [0.05, 0.1) is 0 Å². The quantitative estimate of drug-likeness (QED) is 0.472. The minimum atomic E-state index is -1.16. The Labute approximate surface area is 114 Å². The van der Waals surface area contributed by atoms with Crippen LogP contribution in [0.1, 0.15) is 46.0 Å². The van der Waals surface area contributed by atoms with Crippen molar-refractivity contribution >= 4 is 12.0 Å². The highest BCUT2D eigenvalue weighted by molar-refractivity contribution is 5.86. The van der Waals surface area contributed by atoms with Gasteiger partial charge in [-0.15, -0.1) is 0 Å². The number of carboxylic acids is 1. The van der Waals surface area contributed by atoms with Crippen molar-refractivity contribution in [2.75, 3.05) is 13.1 Å². The largest absolute Gasteiger partial charge is 0.480 e. The van der Waals surface area contributed by atoms with E-state index in [2.05, 4.69) is 16.0 Å². The van der Waals surface area contributed by atoms with Crippen molar-refractivity contribution in [2.45, 2.75) is 57.5 Å². The van der Waals surface area contributed by atoms with Crippen molar-refractivity contribution in [1.29, 1.82) is 0 Å². The number of nitrogens with one attached hydrogen (secondary N) is 3. The lowest BCUT2D eigenvalue weighted by Gasteiger charge is -2.28. The first-order chi connectivity index (χ1) is 9.04. The van der Waals surface area contributed by atoms with E-state index in [9.17, 15) is 14.7 Å². The summed E-state index contributed by atoms with van der Waals surface area (Å²) in [7, 11) is 0. The van der Waals surface area contributed by atoms with E-state index in [1.54, 1.807) is 13.8 Å². The van der Waals surface area contributed by atoms with Crippen molar-refractivity contribution in [3.8, 4) is 0 Å². The molecule has 6 heteroatoms. The molecule has 0 heterocycles.